The minimum Gasteiger partial charge on any atom is -0.403 e. The van der Waals surface area contributed by atoms with E-state index in [0.717, 1.165) is 37.3 Å². The van der Waals surface area contributed by atoms with Gasteiger partial charge in [0.25, 0.3) is 0 Å². The maximum atomic E-state index is 14.0. The highest BCUT2D eigenvalue weighted by atomic mass is 19.4. The van der Waals surface area contributed by atoms with Crippen LogP contribution in [0.4, 0.5) is 26.3 Å². The van der Waals surface area contributed by atoms with Crippen molar-refractivity contribution in [2.75, 3.05) is 0 Å². The fourth-order valence-electron chi connectivity index (χ4n) is 2.72. The fourth-order valence-corrected chi connectivity index (χ4v) is 2.72. The summed E-state index contributed by atoms with van der Waals surface area (Å²) in [6, 6.07) is 9.31. The number of unbranched alkanes of at least 4 members (excludes halogenated alkanes) is 2. The van der Waals surface area contributed by atoms with Crippen LogP contribution in [0.15, 0.2) is 42.5 Å². The lowest BCUT2D eigenvalue weighted by Gasteiger charge is -2.18. The fraction of sp³-hybridized carbons (Fsp3) is 0.429. The van der Waals surface area contributed by atoms with Crippen LogP contribution < -0.4 is 4.74 Å². The molecule has 0 N–H and O–H groups in total. The highest BCUT2D eigenvalue weighted by Gasteiger charge is 2.34. The molecule has 0 aliphatic heterocycles. The van der Waals surface area contributed by atoms with E-state index in [1.54, 1.807) is 12.1 Å². The zero-order chi connectivity index (χ0) is 21.5. The summed E-state index contributed by atoms with van der Waals surface area (Å²) < 4.78 is 86.2. The summed E-state index contributed by atoms with van der Waals surface area (Å²) in [6.07, 6.45) is -5.44. The number of halogens is 6. The molecule has 0 aliphatic carbocycles. The smallest absolute Gasteiger partial charge is 0.403 e. The van der Waals surface area contributed by atoms with Gasteiger partial charge in [-0.25, -0.2) is 4.39 Å². The Morgan fingerprint density at radius 1 is 0.828 bits per heavy atom. The van der Waals surface area contributed by atoms with Crippen LogP contribution in [0, 0.1) is 5.82 Å². The van der Waals surface area contributed by atoms with Crippen LogP contribution in [0.1, 0.15) is 42.9 Å². The molecule has 160 valence electrons. The van der Waals surface area contributed by atoms with Gasteiger partial charge in [0, 0.05) is 0 Å². The topological polar surface area (TPSA) is 18.5 Å². The summed E-state index contributed by atoms with van der Waals surface area (Å²) in [5.41, 5.74) is 1.46. The second kappa shape index (κ2) is 10.0. The van der Waals surface area contributed by atoms with E-state index in [2.05, 4.69) is 16.4 Å². The van der Waals surface area contributed by atoms with Gasteiger partial charge in [0.2, 0.25) is 0 Å². The Bertz CT molecular complexity index is 772. The number of benzene rings is 2. The standard InChI is InChI=1S/C21H22F6O2/c1-2-3-4-5-15-6-8-16(9-7-15)14-28-20(23,24)13-17-10-11-19(18(22)12-17)29-21(25,26)27/h6-12H,2-5,13-14H2,1H3. The summed E-state index contributed by atoms with van der Waals surface area (Å²) in [6.45, 7) is 1.76. The maximum Gasteiger partial charge on any atom is 0.573 e. The Hall–Kier alpha value is -2.22. The highest BCUT2D eigenvalue weighted by molar-refractivity contribution is 5.30. The molecule has 0 radical (unpaired) electrons. The van der Waals surface area contributed by atoms with Crippen LogP contribution in [0.5, 0.6) is 5.75 Å². The molecule has 8 heteroatoms. The van der Waals surface area contributed by atoms with Gasteiger partial charge in [0.05, 0.1) is 13.0 Å². The SMILES string of the molecule is CCCCCc1ccc(COC(F)(F)Cc2ccc(OC(F)(F)F)c(F)c2)cc1. The Morgan fingerprint density at radius 3 is 2.03 bits per heavy atom. The number of aryl methyl sites for hydroxylation is 1. The van der Waals surface area contributed by atoms with E-state index in [1.165, 1.54) is 0 Å². The van der Waals surface area contributed by atoms with Gasteiger partial charge < -0.3 is 9.47 Å². The van der Waals surface area contributed by atoms with Gasteiger partial charge in [0.1, 0.15) is 0 Å². The lowest BCUT2D eigenvalue weighted by atomic mass is 10.1. The quantitative estimate of drug-likeness (QED) is 0.311. The molecule has 0 spiro atoms. The Kier molecular flexibility index (Phi) is 7.96. The zero-order valence-electron chi connectivity index (χ0n) is 15.9. The van der Waals surface area contributed by atoms with Gasteiger partial charge in [-0.3, -0.25) is 0 Å². The van der Waals surface area contributed by atoms with Crippen LogP contribution in [0.2, 0.25) is 0 Å². The molecule has 0 unspecified atom stereocenters. The van der Waals surface area contributed by atoms with E-state index in [4.69, 9.17) is 0 Å². The molecule has 0 bridgehead atoms. The van der Waals surface area contributed by atoms with Gasteiger partial charge in [0.15, 0.2) is 11.6 Å². The Balaban J connectivity index is 1.90. The summed E-state index contributed by atoms with van der Waals surface area (Å²) in [7, 11) is 0. The minimum atomic E-state index is -5.07. The molecule has 0 aromatic heterocycles. The lowest BCUT2D eigenvalue weighted by Crippen LogP contribution is -2.24. The van der Waals surface area contributed by atoms with Crippen molar-refractivity contribution in [2.45, 2.75) is 58.1 Å². The molecule has 0 saturated heterocycles. The molecule has 0 amide bonds. The van der Waals surface area contributed by atoms with Crippen LogP contribution >= 0.6 is 0 Å². The van der Waals surface area contributed by atoms with Gasteiger partial charge in [-0.15, -0.1) is 13.2 Å². The summed E-state index contributed by atoms with van der Waals surface area (Å²) in [4.78, 5) is 0. The third kappa shape index (κ3) is 8.35. The summed E-state index contributed by atoms with van der Waals surface area (Å²) in [5.74, 6) is -2.46. The monoisotopic (exact) mass is 420 g/mol. The number of hydrogen-bond acceptors (Lipinski definition) is 2. The second-order valence-electron chi connectivity index (χ2n) is 6.69. The molecular formula is C21H22F6O2. The predicted molar refractivity (Wildman–Crippen MR) is 96.2 cm³/mol. The molecular weight excluding hydrogens is 398 g/mol. The molecule has 0 aliphatic rings. The number of alkyl halides is 5. The molecule has 0 saturated carbocycles. The highest BCUT2D eigenvalue weighted by Crippen LogP contribution is 2.29. The summed E-state index contributed by atoms with van der Waals surface area (Å²) in [5, 5.41) is 0. The molecule has 2 aromatic rings. The van der Waals surface area contributed by atoms with Crippen molar-refractivity contribution in [3.63, 3.8) is 0 Å². The lowest BCUT2D eigenvalue weighted by molar-refractivity contribution is -0.275. The Labute approximate surface area is 165 Å². The first-order valence-electron chi connectivity index (χ1n) is 9.22. The van der Waals surface area contributed by atoms with Crippen molar-refractivity contribution in [3.8, 4) is 5.75 Å². The molecule has 2 nitrogen and oxygen atoms in total. The van der Waals surface area contributed by atoms with Crippen molar-refractivity contribution in [1.82, 2.24) is 0 Å². The minimum absolute atomic E-state index is 0.215. The average molecular weight is 420 g/mol. The van der Waals surface area contributed by atoms with Gasteiger partial charge in [-0.1, -0.05) is 50.1 Å². The maximum absolute atomic E-state index is 14.0. The van der Waals surface area contributed by atoms with E-state index in [9.17, 15) is 26.3 Å². The number of ether oxygens (including phenoxy) is 2. The second-order valence-corrected chi connectivity index (χ2v) is 6.69. The van der Waals surface area contributed by atoms with Crippen LogP contribution in [0.3, 0.4) is 0 Å². The van der Waals surface area contributed by atoms with E-state index in [0.29, 0.717) is 17.7 Å². The van der Waals surface area contributed by atoms with Crippen LogP contribution in [-0.4, -0.2) is 12.5 Å². The number of rotatable bonds is 10. The first kappa shape index (κ1) is 23.1. The van der Waals surface area contributed by atoms with Gasteiger partial charge in [-0.05, 0) is 41.7 Å². The number of hydrogen-bond donors (Lipinski definition) is 0. The van der Waals surface area contributed by atoms with E-state index in [-0.39, 0.29) is 12.2 Å². The molecule has 2 aromatic carbocycles. The van der Waals surface area contributed by atoms with Crippen molar-refractivity contribution >= 4 is 0 Å². The molecule has 0 fully saturated rings. The van der Waals surface area contributed by atoms with Gasteiger partial charge in [-0.2, -0.15) is 8.78 Å². The molecule has 0 heterocycles. The van der Waals surface area contributed by atoms with Crippen molar-refractivity contribution < 1.29 is 35.8 Å². The largest absolute Gasteiger partial charge is 0.573 e. The predicted octanol–water partition coefficient (Wildman–Crippen LogP) is 6.81. The van der Waals surface area contributed by atoms with Crippen molar-refractivity contribution in [2.24, 2.45) is 0 Å². The third-order valence-electron chi connectivity index (χ3n) is 4.17. The molecule has 0 atom stereocenters. The van der Waals surface area contributed by atoms with Crippen LogP contribution in [0.25, 0.3) is 0 Å². The summed E-state index contributed by atoms with van der Waals surface area (Å²) >= 11 is 0. The van der Waals surface area contributed by atoms with Crippen molar-refractivity contribution in [3.05, 3.63) is 65.0 Å². The van der Waals surface area contributed by atoms with E-state index in [1.807, 2.05) is 12.1 Å². The average Bonchev–Trinajstić information content (AvgIpc) is 2.62. The van der Waals surface area contributed by atoms with Crippen molar-refractivity contribution in [1.29, 1.82) is 0 Å². The zero-order valence-corrected chi connectivity index (χ0v) is 15.9. The first-order valence-corrected chi connectivity index (χ1v) is 9.22. The Morgan fingerprint density at radius 2 is 1.45 bits per heavy atom. The normalized spacial score (nSPS) is 12.2. The molecule has 2 rings (SSSR count). The van der Waals surface area contributed by atoms with Crippen LogP contribution in [-0.2, 0) is 24.2 Å². The first-order chi connectivity index (χ1) is 13.6. The van der Waals surface area contributed by atoms with E-state index >= 15 is 0 Å². The third-order valence-corrected chi connectivity index (χ3v) is 4.17. The molecule has 29 heavy (non-hydrogen) atoms. The van der Waals surface area contributed by atoms with Gasteiger partial charge >= 0.3 is 12.5 Å². The van der Waals surface area contributed by atoms with E-state index < -0.39 is 30.5 Å².